The Morgan fingerprint density at radius 2 is 2.12 bits per heavy atom. The summed E-state index contributed by atoms with van der Waals surface area (Å²) in [5.41, 5.74) is 1.80. The molecule has 2 aliphatic rings. The molecule has 0 radical (unpaired) electrons. The molecular weight excluding hydrogens is 344 g/mol. The van der Waals surface area contributed by atoms with Gasteiger partial charge in [0.15, 0.2) is 0 Å². The Morgan fingerprint density at radius 1 is 1.32 bits per heavy atom. The zero-order chi connectivity index (χ0) is 17.8. The number of thioether (sulfide) groups is 1. The molecule has 1 fully saturated rings. The monoisotopic (exact) mass is 363 g/mol. The Bertz CT molecular complexity index is 830. The maximum atomic E-state index is 14.4. The summed E-state index contributed by atoms with van der Waals surface area (Å²) in [6.45, 7) is 2.22. The van der Waals surface area contributed by atoms with Crippen molar-refractivity contribution in [3.05, 3.63) is 35.5 Å². The number of fused-ring (bicyclic) bond motifs is 1. The third-order valence-corrected chi connectivity index (χ3v) is 5.79. The molecule has 0 amide bonds. The highest BCUT2D eigenvalue weighted by Gasteiger charge is 2.45. The molecule has 2 aromatic rings. The van der Waals surface area contributed by atoms with Gasteiger partial charge in [-0.25, -0.2) is 9.97 Å². The first-order valence-electron chi connectivity index (χ1n) is 8.29. The second kappa shape index (κ2) is 5.92. The molecule has 0 saturated carbocycles. The SMILES string of the molecule is CSc1cccc(-c2nc(N3CC(O)[C@@H]3C)nc3c2CCC3(F)F)c1. The maximum Gasteiger partial charge on any atom is 0.290 e. The van der Waals surface area contributed by atoms with Gasteiger partial charge in [0, 0.05) is 29.0 Å². The van der Waals surface area contributed by atoms with Crippen molar-refractivity contribution < 1.29 is 13.9 Å². The molecule has 1 aliphatic carbocycles. The van der Waals surface area contributed by atoms with E-state index < -0.39 is 12.0 Å². The average Bonchev–Trinajstić information content (AvgIpc) is 2.93. The second-order valence-corrected chi connectivity index (χ2v) is 7.48. The van der Waals surface area contributed by atoms with Crippen molar-refractivity contribution in [1.82, 2.24) is 9.97 Å². The van der Waals surface area contributed by atoms with Crippen LogP contribution in [0, 0.1) is 0 Å². The summed E-state index contributed by atoms with van der Waals surface area (Å²) in [7, 11) is 0. The second-order valence-electron chi connectivity index (χ2n) is 6.60. The van der Waals surface area contributed by atoms with Gasteiger partial charge in [-0.05, 0) is 31.7 Å². The van der Waals surface area contributed by atoms with E-state index >= 15 is 0 Å². The van der Waals surface area contributed by atoms with Gasteiger partial charge in [-0.3, -0.25) is 0 Å². The summed E-state index contributed by atoms with van der Waals surface area (Å²) in [5.74, 6) is -2.64. The van der Waals surface area contributed by atoms with Gasteiger partial charge in [-0.15, -0.1) is 11.8 Å². The van der Waals surface area contributed by atoms with Crippen LogP contribution < -0.4 is 4.90 Å². The van der Waals surface area contributed by atoms with E-state index in [0.29, 0.717) is 17.8 Å². The van der Waals surface area contributed by atoms with E-state index in [1.807, 2.05) is 37.4 Å². The molecule has 4 rings (SSSR count). The average molecular weight is 363 g/mol. The minimum atomic E-state index is -2.92. The fourth-order valence-corrected chi connectivity index (χ4v) is 3.86. The van der Waals surface area contributed by atoms with Gasteiger partial charge in [0.05, 0.1) is 17.8 Å². The Balaban J connectivity index is 1.87. The number of β-amino-alcohol motifs (C(OH)–C–C–N with tert-alkyl or cyclic N) is 1. The van der Waals surface area contributed by atoms with Crippen LogP contribution in [0.2, 0.25) is 0 Å². The molecule has 0 bridgehead atoms. The molecule has 1 aromatic heterocycles. The van der Waals surface area contributed by atoms with E-state index in [-0.39, 0.29) is 30.5 Å². The number of halogens is 2. The minimum Gasteiger partial charge on any atom is -0.389 e. The number of nitrogens with zero attached hydrogens (tertiary/aromatic N) is 3. The topological polar surface area (TPSA) is 49.2 Å². The van der Waals surface area contributed by atoms with Gasteiger partial charge < -0.3 is 10.0 Å². The van der Waals surface area contributed by atoms with E-state index in [0.717, 1.165) is 10.5 Å². The molecule has 2 atom stereocenters. The van der Waals surface area contributed by atoms with Crippen LogP contribution >= 0.6 is 11.8 Å². The Kier molecular flexibility index (Phi) is 3.96. The quantitative estimate of drug-likeness (QED) is 0.846. The van der Waals surface area contributed by atoms with Gasteiger partial charge in [-0.1, -0.05) is 12.1 Å². The lowest BCUT2D eigenvalue weighted by atomic mass is 10.0. The number of hydrogen-bond acceptors (Lipinski definition) is 5. The Hall–Kier alpha value is -1.73. The number of aliphatic hydroxyl groups is 1. The number of hydrogen-bond donors (Lipinski definition) is 1. The lowest BCUT2D eigenvalue weighted by Crippen LogP contribution is -2.59. The molecule has 1 aliphatic heterocycles. The van der Waals surface area contributed by atoms with Crippen LogP contribution in [0.5, 0.6) is 0 Å². The number of rotatable bonds is 3. The highest BCUT2D eigenvalue weighted by molar-refractivity contribution is 7.98. The first kappa shape index (κ1) is 16.7. The summed E-state index contributed by atoms with van der Waals surface area (Å²) in [4.78, 5) is 11.7. The third-order valence-electron chi connectivity index (χ3n) is 5.06. The van der Waals surface area contributed by atoms with Crippen LogP contribution in [-0.4, -0.2) is 40.0 Å². The number of alkyl halides is 2. The molecule has 132 valence electrons. The van der Waals surface area contributed by atoms with Crippen LogP contribution in [0.15, 0.2) is 29.2 Å². The normalized spacial score (nSPS) is 24.1. The number of aromatic nitrogens is 2. The highest BCUT2D eigenvalue weighted by atomic mass is 32.2. The summed E-state index contributed by atoms with van der Waals surface area (Å²) >= 11 is 1.60. The smallest absolute Gasteiger partial charge is 0.290 e. The molecule has 2 heterocycles. The van der Waals surface area contributed by atoms with E-state index in [1.54, 1.807) is 16.7 Å². The molecule has 1 saturated heterocycles. The van der Waals surface area contributed by atoms with Crippen LogP contribution in [0.3, 0.4) is 0 Å². The van der Waals surface area contributed by atoms with E-state index in [9.17, 15) is 13.9 Å². The van der Waals surface area contributed by atoms with Gasteiger partial charge >= 0.3 is 0 Å². The van der Waals surface area contributed by atoms with Crippen molar-refractivity contribution in [2.24, 2.45) is 0 Å². The maximum absolute atomic E-state index is 14.4. The predicted octanol–water partition coefficient (Wildman–Crippen LogP) is 3.47. The van der Waals surface area contributed by atoms with Crippen LogP contribution in [-0.2, 0) is 12.3 Å². The molecule has 1 N–H and O–H groups in total. The zero-order valence-electron chi connectivity index (χ0n) is 14.0. The van der Waals surface area contributed by atoms with E-state index in [2.05, 4.69) is 9.97 Å². The Labute approximate surface area is 149 Å². The van der Waals surface area contributed by atoms with Crippen LogP contribution in [0.1, 0.15) is 24.6 Å². The van der Waals surface area contributed by atoms with Crippen molar-refractivity contribution in [3.8, 4) is 11.3 Å². The largest absolute Gasteiger partial charge is 0.389 e. The number of aliphatic hydroxyl groups excluding tert-OH is 1. The minimum absolute atomic E-state index is 0.157. The van der Waals surface area contributed by atoms with Crippen molar-refractivity contribution in [3.63, 3.8) is 0 Å². The van der Waals surface area contributed by atoms with Gasteiger partial charge in [0.1, 0.15) is 5.69 Å². The van der Waals surface area contributed by atoms with Crippen molar-refractivity contribution in [2.45, 2.75) is 42.7 Å². The van der Waals surface area contributed by atoms with Gasteiger partial charge in [-0.2, -0.15) is 8.78 Å². The molecule has 1 unspecified atom stereocenters. The molecule has 1 aromatic carbocycles. The highest BCUT2D eigenvalue weighted by Crippen LogP contribution is 2.45. The number of anilines is 1. The molecule has 7 heteroatoms. The van der Waals surface area contributed by atoms with Gasteiger partial charge in [0.25, 0.3) is 5.92 Å². The lowest BCUT2D eigenvalue weighted by molar-refractivity contribution is -0.00603. The van der Waals surface area contributed by atoms with E-state index in [1.165, 1.54) is 0 Å². The molecule has 0 spiro atoms. The standard InChI is InChI=1S/C18H19F2N3OS/c1-10-14(24)9-23(10)17-21-15(11-4-3-5-12(8-11)25-2)13-6-7-18(19,20)16(13)22-17/h3-5,8,10,14,24H,6-7,9H2,1-2H3/t10-,14?/m0/s1. The zero-order valence-corrected chi connectivity index (χ0v) is 14.9. The summed E-state index contributed by atoms with van der Waals surface area (Å²) in [6.07, 6.45) is 1.56. The van der Waals surface area contributed by atoms with Crippen molar-refractivity contribution in [1.29, 1.82) is 0 Å². The van der Waals surface area contributed by atoms with Crippen molar-refractivity contribution >= 4 is 17.7 Å². The lowest BCUT2D eigenvalue weighted by Gasteiger charge is -2.43. The third kappa shape index (κ3) is 2.69. The summed E-state index contributed by atoms with van der Waals surface area (Å²) < 4.78 is 28.7. The fourth-order valence-electron chi connectivity index (χ4n) is 3.40. The van der Waals surface area contributed by atoms with Crippen molar-refractivity contribution in [2.75, 3.05) is 17.7 Å². The first-order valence-corrected chi connectivity index (χ1v) is 9.51. The first-order chi connectivity index (χ1) is 11.9. The number of benzene rings is 1. The molecule has 25 heavy (non-hydrogen) atoms. The van der Waals surface area contributed by atoms with E-state index in [4.69, 9.17) is 0 Å². The summed E-state index contributed by atoms with van der Waals surface area (Å²) in [6, 6.07) is 7.61. The predicted molar refractivity (Wildman–Crippen MR) is 94.3 cm³/mol. The van der Waals surface area contributed by atoms with Gasteiger partial charge in [0.2, 0.25) is 5.95 Å². The molecular formula is C18H19F2N3OS. The Morgan fingerprint density at radius 3 is 2.80 bits per heavy atom. The molecule has 4 nitrogen and oxygen atoms in total. The van der Waals surface area contributed by atoms with Crippen LogP contribution in [0.25, 0.3) is 11.3 Å². The fraction of sp³-hybridized carbons (Fsp3) is 0.444. The summed E-state index contributed by atoms with van der Waals surface area (Å²) in [5, 5.41) is 9.75. The van der Waals surface area contributed by atoms with Crippen LogP contribution in [0.4, 0.5) is 14.7 Å².